The number of carbonyl (C=O) groups excluding carboxylic acids is 2. The van der Waals surface area contributed by atoms with Gasteiger partial charge in [-0.15, -0.1) is 0 Å². The molecule has 2 aliphatic heterocycles. The number of piperidine rings is 1. The van der Waals surface area contributed by atoms with Crippen LogP contribution in [-0.4, -0.2) is 55.0 Å². The first-order valence-corrected chi connectivity index (χ1v) is 10.4. The lowest BCUT2D eigenvalue weighted by Gasteiger charge is -2.43. The number of carbonyl (C=O) groups is 2. The molecule has 29 heavy (non-hydrogen) atoms. The van der Waals surface area contributed by atoms with Crippen molar-refractivity contribution in [2.24, 2.45) is 10.8 Å². The Labute approximate surface area is 170 Å². The maximum Gasteiger partial charge on any atom is 0.231 e. The second-order valence-corrected chi connectivity index (χ2v) is 8.87. The van der Waals surface area contributed by atoms with Crippen molar-refractivity contribution in [3.8, 4) is 0 Å². The molecule has 5 nitrogen and oxygen atoms in total. The van der Waals surface area contributed by atoms with Crippen molar-refractivity contribution in [1.82, 2.24) is 9.80 Å². The minimum Gasteiger partial charge on any atom is -0.384 e. The van der Waals surface area contributed by atoms with E-state index in [1.54, 1.807) is 12.0 Å². The number of hydrogen-bond acceptors (Lipinski definition) is 3. The van der Waals surface area contributed by atoms with E-state index in [4.69, 9.17) is 4.74 Å². The number of likely N-dealkylation sites (tertiary alicyclic amines) is 2. The maximum absolute atomic E-state index is 14.1. The highest BCUT2D eigenvalue weighted by Gasteiger charge is 2.53. The standard InChI is InChI=1S/C22H28F2N2O3/c1-29-15-22(7-3-8-22)20(28)26-12-10-21(14-26)9-4-11-25(19(21)27)13-16-5-2-6-17(23)18(16)24/h2,5-6H,3-4,7-15H2,1H3/t21-/m1/s1. The molecule has 2 amide bonds. The summed E-state index contributed by atoms with van der Waals surface area (Å²) in [7, 11) is 1.62. The van der Waals surface area contributed by atoms with Gasteiger partial charge in [0.15, 0.2) is 11.6 Å². The van der Waals surface area contributed by atoms with E-state index in [2.05, 4.69) is 0 Å². The van der Waals surface area contributed by atoms with Gasteiger partial charge in [-0.2, -0.15) is 0 Å². The number of rotatable bonds is 5. The van der Waals surface area contributed by atoms with Gasteiger partial charge in [-0.1, -0.05) is 18.6 Å². The quantitative estimate of drug-likeness (QED) is 0.755. The van der Waals surface area contributed by atoms with Crippen molar-refractivity contribution in [3.05, 3.63) is 35.4 Å². The molecule has 1 aromatic rings. The number of nitrogens with zero attached hydrogens (tertiary/aromatic N) is 2. The maximum atomic E-state index is 14.1. The van der Waals surface area contributed by atoms with E-state index in [-0.39, 0.29) is 23.9 Å². The molecular weight excluding hydrogens is 378 g/mol. The molecule has 1 saturated carbocycles. The van der Waals surface area contributed by atoms with E-state index < -0.39 is 22.5 Å². The highest BCUT2D eigenvalue weighted by atomic mass is 19.2. The lowest BCUT2D eigenvalue weighted by atomic mass is 9.68. The van der Waals surface area contributed by atoms with E-state index in [9.17, 15) is 18.4 Å². The third-order valence-electron chi connectivity index (χ3n) is 7.04. The van der Waals surface area contributed by atoms with Crippen molar-refractivity contribution in [3.63, 3.8) is 0 Å². The molecule has 4 rings (SSSR count). The summed E-state index contributed by atoms with van der Waals surface area (Å²) in [6.07, 6.45) is 4.86. The van der Waals surface area contributed by atoms with Crippen molar-refractivity contribution in [2.45, 2.75) is 45.1 Å². The summed E-state index contributed by atoms with van der Waals surface area (Å²) in [5.41, 5.74) is -0.840. The molecule has 2 saturated heterocycles. The van der Waals surface area contributed by atoms with Crippen molar-refractivity contribution in [2.75, 3.05) is 33.4 Å². The van der Waals surface area contributed by atoms with E-state index in [0.717, 1.165) is 38.2 Å². The summed E-state index contributed by atoms with van der Waals surface area (Å²) in [5, 5.41) is 0. The largest absolute Gasteiger partial charge is 0.384 e. The Morgan fingerprint density at radius 1 is 1.14 bits per heavy atom. The van der Waals surface area contributed by atoms with Crippen LogP contribution in [0.4, 0.5) is 8.78 Å². The second kappa shape index (κ2) is 7.67. The number of ether oxygens (including phenoxy) is 1. The van der Waals surface area contributed by atoms with Gasteiger partial charge in [0.2, 0.25) is 11.8 Å². The molecule has 0 N–H and O–H groups in total. The number of methoxy groups -OCH3 is 1. The van der Waals surface area contributed by atoms with Crippen LogP contribution < -0.4 is 0 Å². The van der Waals surface area contributed by atoms with E-state index in [0.29, 0.717) is 32.7 Å². The highest BCUT2D eigenvalue weighted by molar-refractivity contribution is 5.88. The predicted octanol–water partition coefficient (Wildman–Crippen LogP) is 3.12. The summed E-state index contributed by atoms with van der Waals surface area (Å²) in [4.78, 5) is 29.9. The lowest BCUT2D eigenvalue weighted by molar-refractivity contribution is -0.153. The van der Waals surface area contributed by atoms with Gasteiger partial charge in [0.25, 0.3) is 0 Å². The minimum atomic E-state index is -0.900. The first-order valence-electron chi connectivity index (χ1n) is 10.4. The summed E-state index contributed by atoms with van der Waals surface area (Å²) in [6.45, 7) is 1.99. The Hall–Kier alpha value is -2.02. The Morgan fingerprint density at radius 3 is 2.62 bits per heavy atom. The molecule has 1 aromatic carbocycles. The molecule has 3 aliphatic rings. The molecule has 158 valence electrons. The lowest BCUT2D eigenvalue weighted by Crippen LogP contribution is -2.53. The molecule has 3 fully saturated rings. The predicted molar refractivity (Wildman–Crippen MR) is 103 cm³/mol. The zero-order valence-electron chi connectivity index (χ0n) is 16.9. The molecule has 0 bridgehead atoms. The molecular formula is C22H28F2N2O3. The third kappa shape index (κ3) is 3.43. The Morgan fingerprint density at radius 2 is 1.93 bits per heavy atom. The van der Waals surface area contributed by atoms with Crippen LogP contribution in [0.1, 0.15) is 44.1 Å². The van der Waals surface area contributed by atoms with Crippen molar-refractivity contribution >= 4 is 11.8 Å². The zero-order valence-corrected chi connectivity index (χ0v) is 16.9. The first kappa shape index (κ1) is 20.3. The fraction of sp³-hybridized carbons (Fsp3) is 0.636. The van der Waals surface area contributed by atoms with Crippen LogP contribution in [0.3, 0.4) is 0 Å². The summed E-state index contributed by atoms with van der Waals surface area (Å²) >= 11 is 0. The second-order valence-electron chi connectivity index (χ2n) is 8.87. The van der Waals surface area contributed by atoms with Crippen molar-refractivity contribution < 1.29 is 23.1 Å². The van der Waals surface area contributed by atoms with Gasteiger partial charge >= 0.3 is 0 Å². The van der Waals surface area contributed by atoms with Crippen LogP contribution in [0.2, 0.25) is 0 Å². The fourth-order valence-electron chi connectivity index (χ4n) is 5.24. The van der Waals surface area contributed by atoms with E-state index >= 15 is 0 Å². The molecule has 2 heterocycles. The summed E-state index contributed by atoms with van der Waals surface area (Å²) in [6, 6.07) is 4.05. The van der Waals surface area contributed by atoms with Gasteiger partial charge in [-0.25, -0.2) is 8.78 Å². The SMILES string of the molecule is COCC1(C(=O)N2CC[C@]3(CCCN(Cc4cccc(F)c4F)C3=O)C2)CCC1. The Kier molecular flexibility index (Phi) is 5.36. The van der Waals surface area contributed by atoms with Crippen LogP contribution in [0.25, 0.3) is 0 Å². The normalized spacial score (nSPS) is 26.1. The van der Waals surface area contributed by atoms with Gasteiger partial charge in [0.05, 0.1) is 17.4 Å². The summed E-state index contributed by atoms with van der Waals surface area (Å²) in [5.74, 6) is -1.74. The Bertz CT molecular complexity index is 811. The van der Waals surface area contributed by atoms with Gasteiger partial charge in [0.1, 0.15) is 0 Å². The molecule has 1 spiro atoms. The first-order chi connectivity index (χ1) is 13.9. The van der Waals surface area contributed by atoms with E-state index in [1.807, 2.05) is 4.90 Å². The van der Waals surface area contributed by atoms with Gasteiger partial charge in [-0.3, -0.25) is 9.59 Å². The van der Waals surface area contributed by atoms with Crippen LogP contribution in [0.5, 0.6) is 0 Å². The monoisotopic (exact) mass is 406 g/mol. The molecule has 7 heteroatoms. The average Bonchev–Trinajstić information content (AvgIpc) is 3.10. The van der Waals surface area contributed by atoms with Crippen LogP contribution >= 0.6 is 0 Å². The molecule has 1 aliphatic carbocycles. The highest BCUT2D eigenvalue weighted by Crippen LogP contribution is 2.46. The molecule has 0 unspecified atom stereocenters. The number of benzene rings is 1. The average molecular weight is 406 g/mol. The van der Waals surface area contributed by atoms with E-state index in [1.165, 1.54) is 12.1 Å². The summed E-state index contributed by atoms with van der Waals surface area (Å²) < 4.78 is 32.9. The van der Waals surface area contributed by atoms with Gasteiger partial charge in [-0.05, 0) is 38.2 Å². The number of halogens is 2. The fourth-order valence-corrected chi connectivity index (χ4v) is 5.24. The molecule has 0 aromatic heterocycles. The van der Waals surface area contributed by atoms with Crippen LogP contribution in [0, 0.1) is 22.5 Å². The molecule has 0 radical (unpaired) electrons. The Balaban J connectivity index is 1.48. The topological polar surface area (TPSA) is 49.9 Å². The smallest absolute Gasteiger partial charge is 0.231 e. The number of hydrogen-bond donors (Lipinski definition) is 0. The van der Waals surface area contributed by atoms with Crippen LogP contribution in [0.15, 0.2) is 18.2 Å². The zero-order chi connectivity index (χ0) is 20.6. The van der Waals surface area contributed by atoms with Crippen molar-refractivity contribution in [1.29, 1.82) is 0 Å². The third-order valence-corrected chi connectivity index (χ3v) is 7.04. The molecule has 1 atom stereocenters. The van der Waals surface area contributed by atoms with Gasteiger partial charge in [0, 0.05) is 38.9 Å². The minimum absolute atomic E-state index is 0.0443. The van der Waals surface area contributed by atoms with Crippen LogP contribution in [-0.2, 0) is 20.9 Å². The van der Waals surface area contributed by atoms with Gasteiger partial charge < -0.3 is 14.5 Å². The number of amides is 2.